The van der Waals surface area contributed by atoms with Gasteiger partial charge in [0.1, 0.15) is 6.26 Å². The molecule has 1 saturated heterocycles. The van der Waals surface area contributed by atoms with E-state index in [0.717, 1.165) is 6.42 Å². The molecular formula is C16H18N2O3. The first-order valence-corrected chi connectivity index (χ1v) is 7.16. The van der Waals surface area contributed by atoms with Crippen molar-refractivity contribution < 1.29 is 14.1 Å². The van der Waals surface area contributed by atoms with Gasteiger partial charge in [-0.2, -0.15) is 0 Å². The molecule has 1 aliphatic rings. The molecule has 0 unspecified atom stereocenters. The summed E-state index contributed by atoms with van der Waals surface area (Å²) in [7, 11) is 0. The summed E-state index contributed by atoms with van der Waals surface area (Å²) < 4.78 is 10.6. The second-order valence-electron chi connectivity index (χ2n) is 5.11. The van der Waals surface area contributed by atoms with Crippen LogP contribution in [0.3, 0.4) is 0 Å². The minimum Gasteiger partial charge on any atom is -0.372 e. The van der Waals surface area contributed by atoms with Crippen molar-refractivity contribution in [2.75, 3.05) is 19.7 Å². The maximum Gasteiger partial charge on any atom is 0.228 e. The molecule has 1 aliphatic heterocycles. The molecule has 2 aromatic rings. The SMILES string of the molecule is O=C(Cc1ccon1)N1CCO[C@H](c2ccccc2)CC1. The van der Waals surface area contributed by atoms with Crippen LogP contribution in [0.15, 0.2) is 47.2 Å². The molecular weight excluding hydrogens is 268 g/mol. The van der Waals surface area contributed by atoms with Crippen LogP contribution < -0.4 is 0 Å². The van der Waals surface area contributed by atoms with Gasteiger partial charge in [0.15, 0.2) is 0 Å². The molecule has 21 heavy (non-hydrogen) atoms. The fourth-order valence-corrected chi connectivity index (χ4v) is 2.55. The van der Waals surface area contributed by atoms with Gasteiger partial charge < -0.3 is 14.2 Å². The van der Waals surface area contributed by atoms with Crippen LogP contribution in [0.2, 0.25) is 0 Å². The van der Waals surface area contributed by atoms with Crippen molar-refractivity contribution in [3.8, 4) is 0 Å². The Hall–Kier alpha value is -2.14. The fourth-order valence-electron chi connectivity index (χ4n) is 2.55. The van der Waals surface area contributed by atoms with Crippen LogP contribution in [0.25, 0.3) is 0 Å². The van der Waals surface area contributed by atoms with E-state index in [1.165, 1.54) is 11.8 Å². The van der Waals surface area contributed by atoms with Crippen LogP contribution in [0.4, 0.5) is 0 Å². The predicted octanol–water partition coefficient (Wildman–Crippen LogP) is 2.21. The van der Waals surface area contributed by atoms with Gasteiger partial charge in [0.2, 0.25) is 5.91 Å². The largest absolute Gasteiger partial charge is 0.372 e. The number of carbonyl (C=O) groups excluding carboxylic acids is 1. The molecule has 5 nitrogen and oxygen atoms in total. The highest BCUT2D eigenvalue weighted by Gasteiger charge is 2.22. The molecule has 1 fully saturated rings. The minimum absolute atomic E-state index is 0.0658. The summed E-state index contributed by atoms with van der Waals surface area (Å²) in [5, 5.41) is 3.78. The highest BCUT2D eigenvalue weighted by molar-refractivity contribution is 5.78. The van der Waals surface area contributed by atoms with Gasteiger partial charge in [-0.15, -0.1) is 0 Å². The van der Waals surface area contributed by atoms with E-state index in [9.17, 15) is 4.79 Å². The molecule has 0 spiro atoms. The van der Waals surface area contributed by atoms with Gasteiger partial charge in [-0.3, -0.25) is 4.79 Å². The number of hydrogen-bond donors (Lipinski definition) is 0. The first-order chi connectivity index (χ1) is 10.3. The number of nitrogens with zero attached hydrogens (tertiary/aromatic N) is 2. The van der Waals surface area contributed by atoms with E-state index in [4.69, 9.17) is 9.26 Å². The maximum atomic E-state index is 12.3. The van der Waals surface area contributed by atoms with Gasteiger partial charge >= 0.3 is 0 Å². The summed E-state index contributed by atoms with van der Waals surface area (Å²) in [5.74, 6) is 0.0706. The number of rotatable bonds is 3. The van der Waals surface area contributed by atoms with Crippen LogP contribution in [0.5, 0.6) is 0 Å². The Morgan fingerprint density at radius 2 is 2.10 bits per heavy atom. The van der Waals surface area contributed by atoms with Gasteiger partial charge in [0.25, 0.3) is 0 Å². The summed E-state index contributed by atoms with van der Waals surface area (Å²) in [6.45, 7) is 1.89. The number of benzene rings is 1. The molecule has 0 bridgehead atoms. The van der Waals surface area contributed by atoms with Crippen LogP contribution in [-0.4, -0.2) is 35.7 Å². The molecule has 0 saturated carbocycles. The molecule has 2 heterocycles. The molecule has 1 aromatic carbocycles. The Bertz CT molecular complexity index is 568. The first kappa shape index (κ1) is 13.8. The number of aromatic nitrogens is 1. The van der Waals surface area contributed by atoms with Crippen LogP contribution >= 0.6 is 0 Å². The molecule has 5 heteroatoms. The summed E-state index contributed by atoms with van der Waals surface area (Å²) >= 11 is 0. The van der Waals surface area contributed by atoms with Crippen molar-refractivity contribution >= 4 is 5.91 Å². The summed E-state index contributed by atoms with van der Waals surface area (Å²) in [5.41, 5.74) is 1.84. The average molecular weight is 286 g/mol. The van der Waals surface area contributed by atoms with Gasteiger partial charge in [0, 0.05) is 19.2 Å². The van der Waals surface area contributed by atoms with Crippen LogP contribution in [0, 0.1) is 0 Å². The lowest BCUT2D eigenvalue weighted by molar-refractivity contribution is -0.130. The highest BCUT2D eigenvalue weighted by atomic mass is 16.5. The van der Waals surface area contributed by atoms with E-state index in [1.807, 2.05) is 23.1 Å². The summed E-state index contributed by atoms with van der Waals surface area (Å²) in [4.78, 5) is 14.1. The smallest absolute Gasteiger partial charge is 0.228 e. The first-order valence-electron chi connectivity index (χ1n) is 7.16. The van der Waals surface area contributed by atoms with Crippen molar-refractivity contribution in [3.63, 3.8) is 0 Å². The van der Waals surface area contributed by atoms with Crippen molar-refractivity contribution in [2.45, 2.75) is 18.9 Å². The normalized spacial score (nSPS) is 19.2. The molecule has 0 aliphatic carbocycles. The third kappa shape index (κ3) is 3.49. The number of amides is 1. The van der Waals surface area contributed by atoms with E-state index in [0.29, 0.717) is 25.4 Å². The Kier molecular flexibility index (Phi) is 4.31. The fraction of sp³-hybridized carbons (Fsp3) is 0.375. The number of hydrogen-bond acceptors (Lipinski definition) is 4. The van der Waals surface area contributed by atoms with Gasteiger partial charge in [-0.1, -0.05) is 35.5 Å². The monoisotopic (exact) mass is 286 g/mol. The zero-order chi connectivity index (χ0) is 14.5. The standard InChI is InChI=1S/C16H18N2O3/c19-16(12-14-7-10-21-17-14)18-8-6-15(20-11-9-18)13-4-2-1-3-5-13/h1-5,7,10,15H,6,8-9,11-12H2/t15-/m0/s1. The predicted molar refractivity (Wildman–Crippen MR) is 76.5 cm³/mol. The van der Waals surface area contributed by atoms with Crippen molar-refractivity contribution in [1.29, 1.82) is 0 Å². The Morgan fingerprint density at radius 3 is 2.86 bits per heavy atom. The minimum atomic E-state index is 0.0658. The van der Waals surface area contributed by atoms with E-state index in [-0.39, 0.29) is 18.4 Å². The van der Waals surface area contributed by atoms with Crippen molar-refractivity contribution in [1.82, 2.24) is 10.1 Å². The van der Waals surface area contributed by atoms with Crippen LogP contribution in [-0.2, 0) is 16.0 Å². The lowest BCUT2D eigenvalue weighted by atomic mass is 10.1. The van der Waals surface area contributed by atoms with Gasteiger partial charge in [0.05, 0.1) is 24.8 Å². The van der Waals surface area contributed by atoms with E-state index in [1.54, 1.807) is 6.07 Å². The van der Waals surface area contributed by atoms with Gasteiger partial charge in [-0.05, 0) is 12.0 Å². The number of carbonyl (C=O) groups is 1. The van der Waals surface area contributed by atoms with E-state index >= 15 is 0 Å². The van der Waals surface area contributed by atoms with Crippen molar-refractivity contribution in [2.24, 2.45) is 0 Å². The van der Waals surface area contributed by atoms with E-state index in [2.05, 4.69) is 17.3 Å². The second kappa shape index (κ2) is 6.54. The van der Waals surface area contributed by atoms with Gasteiger partial charge in [-0.25, -0.2) is 0 Å². The Morgan fingerprint density at radius 1 is 1.24 bits per heavy atom. The quantitative estimate of drug-likeness (QED) is 0.868. The zero-order valence-corrected chi connectivity index (χ0v) is 11.8. The molecule has 110 valence electrons. The molecule has 0 radical (unpaired) electrons. The molecule has 0 N–H and O–H groups in total. The Balaban J connectivity index is 1.59. The molecule has 1 aromatic heterocycles. The summed E-state index contributed by atoms with van der Waals surface area (Å²) in [6.07, 6.45) is 2.65. The Labute approximate surface area is 123 Å². The lowest BCUT2D eigenvalue weighted by Gasteiger charge is -2.19. The second-order valence-corrected chi connectivity index (χ2v) is 5.11. The molecule has 1 amide bonds. The third-order valence-corrected chi connectivity index (χ3v) is 3.69. The highest BCUT2D eigenvalue weighted by Crippen LogP contribution is 2.23. The maximum absolute atomic E-state index is 12.3. The zero-order valence-electron chi connectivity index (χ0n) is 11.8. The third-order valence-electron chi connectivity index (χ3n) is 3.69. The lowest BCUT2D eigenvalue weighted by Crippen LogP contribution is -2.34. The number of ether oxygens (including phenoxy) is 1. The van der Waals surface area contributed by atoms with Crippen molar-refractivity contribution in [3.05, 3.63) is 53.9 Å². The van der Waals surface area contributed by atoms with Crippen LogP contribution in [0.1, 0.15) is 23.8 Å². The summed E-state index contributed by atoms with van der Waals surface area (Å²) in [6, 6.07) is 11.9. The molecule has 1 atom stereocenters. The topological polar surface area (TPSA) is 55.6 Å². The molecule has 3 rings (SSSR count). The average Bonchev–Trinajstić information content (AvgIpc) is 2.89. The van der Waals surface area contributed by atoms with E-state index < -0.39 is 0 Å².